The second-order valence-electron chi connectivity index (χ2n) is 3.25. The molecule has 1 aromatic heterocycles. The number of aromatic nitrogens is 1. The van der Waals surface area contributed by atoms with E-state index in [1.165, 1.54) is 5.39 Å². The van der Waals surface area contributed by atoms with Crippen LogP contribution in [0.1, 0.15) is 20.3 Å². The third-order valence-electron chi connectivity index (χ3n) is 2.01. The molecule has 0 bridgehead atoms. The van der Waals surface area contributed by atoms with Crippen LogP contribution in [0.3, 0.4) is 0 Å². The number of nitrogens with zero attached hydrogens (tertiary/aromatic N) is 1. The van der Waals surface area contributed by atoms with Gasteiger partial charge in [0, 0.05) is 18.0 Å². The third kappa shape index (κ3) is 3.90. The SMILES string of the molecule is CCC(C)=O.c1ccc2ncccc2c1. The first-order valence-electron chi connectivity index (χ1n) is 5.03. The number of hydrogen-bond acceptors (Lipinski definition) is 2. The Morgan fingerprint density at radius 1 is 1.20 bits per heavy atom. The standard InChI is InChI=1S/C9H7N.C4H8O/c1-2-6-9-8(4-1)5-3-7-10-9;1-3-4(2)5/h1-7H;3H2,1-2H3. The minimum atomic E-state index is 0.255. The van der Waals surface area contributed by atoms with Crippen molar-refractivity contribution in [2.45, 2.75) is 20.3 Å². The molecule has 2 rings (SSSR count). The monoisotopic (exact) mass is 201 g/mol. The zero-order valence-corrected chi connectivity index (χ0v) is 9.10. The molecule has 0 atom stereocenters. The van der Waals surface area contributed by atoms with E-state index in [9.17, 15) is 4.79 Å². The first kappa shape index (κ1) is 11.4. The highest BCUT2D eigenvalue weighted by Crippen LogP contribution is 2.07. The molecule has 0 spiro atoms. The van der Waals surface area contributed by atoms with Gasteiger partial charge in [0.25, 0.3) is 0 Å². The molecule has 78 valence electrons. The number of Topliss-reactive ketones (excluding diaryl/α,β-unsaturated/α-hetero) is 1. The van der Waals surface area contributed by atoms with E-state index in [2.05, 4.69) is 17.1 Å². The summed E-state index contributed by atoms with van der Waals surface area (Å²) in [7, 11) is 0. The molecule has 2 nitrogen and oxygen atoms in total. The predicted octanol–water partition coefficient (Wildman–Crippen LogP) is 3.22. The summed E-state index contributed by atoms with van der Waals surface area (Å²) in [5.41, 5.74) is 1.06. The van der Waals surface area contributed by atoms with E-state index >= 15 is 0 Å². The van der Waals surface area contributed by atoms with Crippen molar-refractivity contribution >= 4 is 16.7 Å². The molecular formula is C13H15NO. The number of pyridine rings is 1. The lowest BCUT2D eigenvalue weighted by atomic mass is 10.2. The van der Waals surface area contributed by atoms with Crippen LogP contribution in [0.15, 0.2) is 42.6 Å². The van der Waals surface area contributed by atoms with Gasteiger partial charge < -0.3 is 4.79 Å². The van der Waals surface area contributed by atoms with Gasteiger partial charge in [-0.25, -0.2) is 0 Å². The van der Waals surface area contributed by atoms with Crippen LogP contribution < -0.4 is 0 Å². The van der Waals surface area contributed by atoms with Crippen molar-refractivity contribution < 1.29 is 4.79 Å². The van der Waals surface area contributed by atoms with E-state index in [0.29, 0.717) is 6.42 Å². The number of rotatable bonds is 1. The molecule has 2 heteroatoms. The van der Waals surface area contributed by atoms with Gasteiger partial charge in [-0.3, -0.25) is 4.98 Å². The van der Waals surface area contributed by atoms with Gasteiger partial charge >= 0.3 is 0 Å². The van der Waals surface area contributed by atoms with Crippen molar-refractivity contribution in [3.63, 3.8) is 0 Å². The molecule has 0 radical (unpaired) electrons. The summed E-state index contributed by atoms with van der Waals surface area (Å²) in [5.74, 6) is 0.255. The van der Waals surface area contributed by atoms with Crippen LogP contribution in [0.5, 0.6) is 0 Å². The highest BCUT2D eigenvalue weighted by molar-refractivity contribution is 5.77. The smallest absolute Gasteiger partial charge is 0.129 e. The summed E-state index contributed by atoms with van der Waals surface area (Å²) >= 11 is 0. The zero-order chi connectivity index (χ0) is 11.1. The normalized spacial score (nSPS) is 9.20. The Balaban J connectivity index is 0.000000195. The lowest BCUT2D eigenvalue weighted by Crippen LogP contribution is -1.80. The summed E-state index contributed by atoms with van der Waals surface area (Å²) in [4.78, 5) is 14.0. The van der Waals surface area contributed by atoms with Crippen molar-refractivity contribution in [2.24, 2.45) is 0 Å². The fraction of sp³-hybridized carbons (Fsp3) is 0.231. The van der Waals surface area contributed by atoms with Crippen molar-refractivity contribution in [1.82, 2.24) is 4.98 Å². The summed E-state index contributed by atoms with van der Waals surface area (Å²) < 4.78 is 0. The highest BCUT2D eigenvalue weighted by atomic mass is 16.1. The Hall–Kier alpha value is -1.70. The van der Waals surface area contributed by atoms with Gasteiger partial charge in [0.1, 0.15) is 5.78 Å². The maximum Gasteiger partial charge on any atom is 0.129 e. The van der Waals surface area contributed by atoms with Crippen molar-refractivity contribution in [2.75, 3.05) is 0 Å². The lowest BCUT2D eigenvalue weighted by Gasteiger charge is -1.91. The molecule has 0 aliphatic rings. The maximum atomic E-state index is 9.81. The highest BCUT2D eigenvalue weighted by Gasteiger charge is 1.86. The first-order valence-corrected chi connectivity index (χ1v) is 5.03. The van der Waals surface area contributed by atoms with Crippen LogP contribution in [0.4, 0.5) is 0 Å². The van der Waals surface area contributed by atoms with Crippen LogP contribution in [-0.2, 0) is 4.79 Å². The molecule has 0 amide bonds. The summed E-state index contributed by atoms with van der Waals surface area (Å²) in [5, 5.41) is 1.20. The van der Waals surface area contributed by atoms with Crippen LogP contribution in [0.25, 0.3) is 10.9 Å². The van der Waals surface area contributed by atoms with E-state index in [1.807, 2.05) is 37.4 Å². The van der Waals surface area contributed by atoms with Gasteiger partial charge in [-0.05, 0) is 19.1 Å². The molecule has 2 aromatic rings. The fourth-order valence-electron chi connectivity index (χ4n) is 1.02. The minimum Gasteiger partial charge on any atom is -0.300 e. The molecule has 15 heavy (non-hydrogen) atoms. The van der Waals surface area contributed by atoms with Crippen LogP contribution in [0, 0.1) is 0 Å². The molecule has 0 fully saturated rings. The summed E-state index contributed by atoms with van der Waals surface area (Å²) in [6.07, 6.45) is 2.47. The Bertz CT molecular complexity index is 372. The van der Waals surface area contributed by atoms with Crippen LogP contribution in [-0.4, -0.2) is 10.8 Å². The molecular weight excluding hydrogens is 186 g/mol. The van der Waals surface area contributed by atoms with Crippen LogP contribution >= 0.6 is 0 Å². The second-order valence-corrected chi connectivity index (χ2v) is 3.25. The first-order chi connectivity index (χ1) is 7.24. The molecule has 0 saturated heterocycles. The van der Waals surface area contributed by atoms with E-state index in [0.717, 1.165) is 5.52 Å². The largest absolute Gasteiger partial charge is 0.300 e. The number of benzene rings is 1. The number of para-hydroxylation sites is 1. The van der Waals surface area contributed by atoms with E-state index in [4.69, 9.17) is 0 Å². The molecule has 0 aliphatic carbocycles. The van der Waals surface area contributed by atoms with E-state index in [1.54, 1.807) is 6.92 Å². The number of fused-ring (bicyclic) bond motifs is 1. The van der Waals surface area contributed by atoms with Crippen LogP contribution in [0.2, 0.25) is 0 Å². The van der Waals surface area contributed by atoms with Crippen molar-refractivity contribution in [3.8, 4) is 0 Å². The van der Waals surface area contributed by atoms with Gasteiger partial charge in [0.15, 0.2) is 0 Å². The summed E-state index contributed by atoms with van der Waals surface area (Å²) in [6.45, 7) is 3.43. The number of carbonyl (C=O) groups excluding carboxylic acids is 1. The molecule has 1 heterocycles. The van der Waals surface area contributed by atoms with Gasteiger partial charge in [-0.1, -0.05) is 31.2 Å². The number of hydrogen-bond donors (Lipinski definition) is 0. The fourth-order valence-corrected chi connectivity index (χ4v) is 1.02. The molecule has 0 saturated carbocycles. The van der Waals surface area contributed by atoms with Crippen molar-refractivity contribution in [1.29, 1.82) is 0 Å². The molecule has 0 N–H and O–H groups in total. The molecule has 0 unspecified atom stereocenters. The van der Waals surface area contributed by atoms with Gasteiger partial charge in [0.05, 0.1) is 5.52 Å². The van der Waals surface area contributed by atoms with Gasteiger partial charge in [-0.15, -0.1) is 0 Å². The Kier molecular flexibility index (Phi) is 4.48. The van der Waals surface area contributed by atoms with Gasteiger partial charge in [0.2, 0.25) is 0 Å². The van der Waals surface area contributed by atoms with Crippen molar-refractivity contribution in [3.05, 3.63) is 42.6 Å². The average Bonchev–Trinajstić information content (AvgIpc) is 2.30. The topological polar surface area (TPSA) is 30.0 Å². The van der Waals surface area contributed by atoms with E-state index < -0.39 is 0 Å². The molecule has 0 aliphatic heterocycles. The summed E-state index contributed by atoms with van der Waals surface area (Å²) in [6, 6.07) is 12.1. The van der Waals surface area contributed by atoms with Gasteiger partial charge in [-0.2, -0.15) is 0 Å². The second kappa shape index (κ2) is 5.91. The zero-order valence-electron chi connectivity index (χ0n) is 9.10. The predicted molar refractivity (Wildman–Crippen MR) is 62.7 cm³/mol. The average molecular weight is 201 g/mol. The molecule has 1 aromatic carbocycles. The quantitative estimate of drug-likeness (QED) is 0.709. The Labute approximate surface area is 90.0 Å². The maximum absolute atomic E-state index is 9.81. The number of ketones is 1. The third-order valence-corrected chi connectivity index (χ3v) is 2.01. The Morgan fingerprint density at radius 2 is 1.80 bits per heavy atom. The van der Waals surface area contributed by atoms with E-state index in [-0.39, 0.29) is 5.78 Å². The Morgan fingerprint density at radius 3 is 2.40 bits per heavy atom. The minimum absolute atomic E-state index is 0.255. The lowest BCUT2D eigenvalue weighted by molar-refractivity contribution is -0.116. The number of carbonyl (C=O) groups is 1.